The van der Waals surface area contributed by atoms with Gasteiger partial charge in [0, 0.05) is 38.0 Å². The molecular weight excluding hydrogens is 408 g/mol. The second-order valence-electron chi connectivity index (χ2n) is 7.25. The van der Waals surface area contributed by atoms with E-state index in [1.807, 2.05) is 30.3 Å². The number of aromatic nitrogens is 1. The van der Waals surface area contributed by atoms with E-state index in [9.17, 15) is 4.79 Å². The number of anilines is 3. The lowest BCUT2D eigenvalue weighted by Gasteiger charge is -2.36. The summed E-state index contributed by atoms with van der Waals surface area (Å²) < 4.78 is 16.1. The predicted octanol–water partition coefficient (Wildman–Crippen LogP) is 4.17. The maximum Gasteiger partial charge on any atom is 0.326 e. The molecule has 32 heavy (non-hydrogen) atoms. The molecule has 0 aliphatic carbocycles. The van der Waals surface area contributed by atoms with Crippen LogP contribution in [-0.2, 0) is 6.54 Å². The summed E-state index contributed by atoms with van der Waals surface area (Å²) in [7, 11) is 4.62. The molecule has 0 fully saturated rings. The molecule has 2 amide bonds. The molecule has 4 rings (SSSR count). The summed E-state index contributed by atoms with van der Waals surface area (Å²) in [5, 5.41) is 2.94. The number of urea groups is 1. The Morgan fingerprint density at radius 1 is 0.969 bits per heavy atom. The van der Waals surface area contributed by atoms with Crippen molar-refractivity contribution in [3.05, 3.63) is 66.4 Å². The van der Waals surface area contributed by atoms with Gasteiger partial charge >= 0.3 is 6.03 Å². The van der Waals surface area contributed by atoms with Crippen LogP contribution in [0.25, 0.3) is 0 Å². The molecule has 0 saturated heterocycles. The molecule has 1 aliphatic heterocycles. The van der Waals surface area contributed by atoms with Crippen molar-refractivity contribution < 1.29 is 19.0 Å². The first-order valence-electron chi connectivity index (χ1n) is 10.3. The highest BCUT2D eigenvalue weighted by Gasteiger charge is 2.28. The summed E-state index contributed by atoms with van der Waals surface area (Å²) in [5.41, 5.74) is 2.50. The van der Waals surface area contributed by atoms with Gasteiger partial charge in [0.25, 0.3) is 0 Å². The molecule has 1 aliphatic rings. The minimum absolute atomic E-state index is 0.257. The topological polar surface area (TPSA) is 76.2 Å². The third-order valence-corrected chi connectivity index (χ3v) is 5.33. The zero-order valence-electron chi connectivity index (χ0n) is 18.4. The lowest BCUT2D eigenvalue weighted by atomic mass is 10.2. The predicted molar refractivity (Wildman–Crippen MR) is 124 cm³/mol. The lowest BCUT2D eigenvalue weighted by molar-refractivity contribution is 0.256. The molecule has 0 bridgehead atoms. The van der Waals surface area contributed by atoms with Gasteiger partial charge in [-0.15, -0.1) is 0 Å². The first-order valence-corrected chi connectivity index (χ1v) is 10.3. The van der Waals surface area contributed by atoms with Gasteiger partial charge in [-0.25, -0.2) is 9.78 Å². The van der Waals surface area contributed by atoms with E-state index in [1.54, 1.807) is 23.2 Å². The van der Waals surface area contributed by atoms with E-state index in [1.165, 1.54) is 26.9 Å². The molecule has 2 heterocycles. The van der Waals surface area contributed by atoms with Crippen molar-refractivity contribution in [1.29, 1.82) is 0 Å². The minimum atomic E-state index is -0.257. The van der Waals surface area contributed by atoms with E-state index in [2.05, 4.69) is 27.3 Å². The number of amides is 2. The third kappa shape index (κ3) is 4.25. The second kappa shape index (κ2) is 9.47. The molecule has 0 spiro atoms. The largest absolute Gasteiger partial charge is 0.493 e. The zero-order chi connectivity index (χ0) is 22.5. The average molecular weight is 434 g/mol. The number of nitrogens with zero attached hydrogens (tertiary/aromatic N) is 3. The molecule has 0 unspecified atom stereocenters. The van der Waals surface area contributed by atoms with E-state index >= 15 is 0 Å². The van der Waals surface area contributed by atoms with Crippen LogP contribution in [0.5, 0.6) is 17.2 Å². The maximum absolute atomic E-state index is 13.2. The number of nitrogens with one attached hydrogen (secondary N) is 1. The smallest absolute Gasteiger partial charge is 0.326 e. The molecule has 2 aromatic carbocycles. The van der Waals surface area contributed by atoms with Crippen LogP contribution < -0.4 is 29.3 Å². The van der Waals surface area contributed by atoms with Crippen LogP contribution in [0.4, 0.5) is 22.0 Å². The number of hydrogen-bond acceptors (Lipinski definition) is 6. The third-order valence-electron chi connectivity index (χ3n) is 5.33. The molecule has 8 nitrogen and oxygen atoms in total. The van der Waals surface area contributed by atoms with E-state index < -0.39 is 0 Å². The summed E-state index contributed by atoms with van der Waals surface area (Å²) in [4.78, 5) is 21.7. The highest BCUT2D eigenvalue weighted by molar-refractivity contribution is 6.04. The second-order valence-corrected chi connectivity index (χ2v) is 7.25. The van der Waals surface area contributed by atoms with Crippen molar-refractivity contribution in [3.8, 4) is 17.2 Å². The Kier molecular flexibility index (Phi) is 6.30. The number of pyridine rings is 1. The quantitative estimate of drug-likeness (QED) is 0.628. The Hall–Kier alpha value is -3.94. The van der Waals surface area contributed by atoms with Crippen LogP contribution in [0.1, 0.15) is 5.56 Å². The van der Waals surface area contributed by atoms with Gasteiger partial charge in [0.05, 0.1) is 32.7 Å². The van der Waals surface area contributed by atoms with Crippen molar-refractivity contribution in [3.63, 3.8) is 0 Å². The number of methoxy groups -OCH3 is 3. The summed E-state index contributed by atoms with van der Waals surface area (Å²) in [6.45, 7) is 1.93. The Morgan fingerprint density at radius 2 is 1.69 bits per heavy atom. The molecule has 0 radical (unpaired) electrons. The molecular formula is C24H26N4O4. The number of rotatable bonds is 6. The lowest BCUT2D eigenvalue weighted by Crippen LogP contribution is -2.46. The maximum atomic E-state index is 13.2. The molecule has 166 valence electrons. The highest BCUT2D eigenvalue weighted by atomic mass is 16.5. The van der Waals surface area contributed by atoms with Crippen LogP contribution in [0.15, 0.2) is 60.8 Å². The molecule has 3 aromatic rings. The van der Waals surface area contributed by atoms with E-state index in [4.69, 9.17) is 14.2 Å². The molecule has 0 saturated carbocycles. The van der Waals surface area contributed by atoms with Gasteiger partial charge in [0.1, 0.15) is 0 Å². The summed E-state index contributed by atoms with van der Waals surface area (Å²) in [6.07, 6.45) is 1.75. The Morgan fingerprint density at radius 3 is 2.34 bits per heavy atom. The Balaban J connectivity index is 1.57. The van der Waals surface area contributed by atoms with Crippen molar-refractivity contribution >= 4 is 23.2 Å². The number of carbonyl (C=O) groups excluding carboxylic acids is 1. The summed E-state index contributed by atoms with van der Waals surface area (Å²) in [5.74, 6) is 2.19. The van der Waals surface area contributed by atoms with Crippen LogP contribution in [0, 0.1) is 0 Å². The van der Waals surface area contributed by atoms with Gasteiger partial charge in [-0.05, 0) is 17.7 Å². The SMILES string of the molecule is COc1cc(NC(=O)N2CCN(Cc3ccccc3)c3ncccc32)cc(OC)c1OC. The van der Waals surface area contributed by atoms with E-state index in [0.717, 1.165) is 18.1 Å². The van der Waals surface area contributed by atoms with Crippen LogP contribution in [-0.4, -0.2) is 45.4 Å². The van der Waals surface area contributed by atoms with Crippen LogP contribution in [0.3, 0.4) is 0 Å². The average Bonchev–Trinajstić information content (AvgIpc) is 2.84. The number of carbonyl (C=O) groups is 1. The fourth-order valence-corrected chi connectivity index (χ4v) is 3.80. The van der Waals surface area contributed by atoms with Gasteiger partial charge in [0.2, 0.25) is 5.75 Å². The van der Waals surface area contributed by atoms with E-state index in [-0.39, 0.29) is 6.03 Å². The van der Waals surface area contributed by atoms with Crippen molar-refractivity contribution in [2.75, 3.05) is 49.5 Å². The first-order chi connectivity index (χ1) is 15.6. The van der Waals surface area contributed by atoms with Crippen molar-refractivity contribution in [2.24, 2.45) is 0 Å². The number of ether oxygens (including phenoxy) is 3. The molecule has 0 atom stereocenters. The number of fused-ring (bicyclic) bond motifs is 1. The van der Waals surface area contributed by atoms with E-state index in [0.29, 0.717) is 36.0 Å². The van der Waals surface area contributed by atoms with Crippen molar-refractivity contribution in [1.82, 2.24) is 4.98 Å². The number of benzene rings is 2. The molecule has 8 heteroatoms. The Labute approximate surface area is 187 Å². The van der Waals surface area contributed by atoms with Gasteiger partial charge in [0.15, 0.2) is 17.3 Å². The monoisotopic (exact) mass is 434 g/mol. The summed E-state index contributed by atoms with van der Waals surface area (Å²) in [6, 6.07) is 17.1. The highest BCUT2D eigenvalue weighted by Crippen LogP contribution is 2.40. The zero-order valence-corrected chi connectivity index (χ0v) is 18.4. The van der Waals surface area contributed by atoms with Crippen molar-refractivity contribution in [2.45, 2.75) is 6.54 Å². The van der Waals surface area contributed by atoms with Gasteiger partial charge in [-0.3, -0.25) is 4.90 Å². The van der Waals surface area contributed by atoms with Gasteiger partial charge < -0.3 is 24.4 Å². The summed E-state index contributed by atoms with van der Waals surface area (Å²) >= 11 is 0. The molecule has 1 N–H and O–H groups in total. The van der Waals surface area contributed by atoms with Crippen LogP contribution >= 0.6 is 0 Å². The Bertz CT molecular complexity index is 1070. The standard InChI is InChI=1S/C24H26N4O4/c1-30-20-14-18(15-21(31-2)22(20)32-3)26-24(29)28-13-12-27(16-17-8-5-4-6-9-17)23-19(28)10-7-11-25-23/h4-11,14-15H,12-13,16H2,1-3H3,(H,26,29). The minimum Gasteiger partial charge on any atom is -0.493 e. The normalized spacial score (nSPS) is 12.7. The van der Waals surface area contributed by atoms with Gasteiger partial charge in [-0.2, -0.15) is 0 Å². The fraction of sp³-hybridized carbons (Fsp3) is 0.250. The molecule has 1 aromatic heterocycles. The first kappa shape index (κ1) is 21.3. The fourth-order valence-electron chi connectivity index (χ4n) is 3.80. The number of hydrogen-bond donors (Lipinski definition) is 1. The van der Waals surface area contributed by atoms with Gasteiger partial charge in [-0.1, -0.05) is 30.3 Å². The van der Waals surface area contributed by atoms with Crippen LogP contribution in [0.2, 0.25) is 0 Å².